The van der Waals surface area contributed by atoms with Gasteiger partial charge in [-0.3, -0.25) is 9.36 Å². The van der Waals surface area contributed by atoms with E-state index in [1.807, 2.05) is 0 Å². The van der Waals surface area contributed by atoms with E-state index >= 15 is 0 Å². The van der Waals surface area contributed by atoms with E-state index in [1.165, 1.54) is 7.11 Å². The van der Waals surface area contributed by atoms with Gasteiger partial charge >= 0.3 is 8.25 Å². The number of carbonyl (C=O) groups is 1. The maximum absolute atomic E-state index is 11.3. The Morgan fingerprint density at radius 3 is 2.47 bits per heavy atom. The molecular formula is C9H11O5P. The minimum absolute atomic E-state index is 0.343. The molecule has 0 aliphatic heterocycles. The summed E-state index contributed by atoms with van der Waals surface area (Å²) in [4.78, 5) is 19.7. The molecule has 1 rings (SSSR count). The van der Waals surface area contributed by atoms with Gasteiger partial charge in [-0.1, -0.05) is 0 Å². The maximum atomic E-state index is 11.3. The molecule has 0 spiro atoms. The van der Waals surface area contributed by atoms with Crippen molar-refractivity contribution in [2.24, 2.45) is 0 Å². The molecule has 1 atom stereocenters. The average molecular weight is 230 g/mol. The van der Waals surface area contributed by atoms with Crippen molar-refractivity contribution in [2.45, 2.75) is 0 Å². The second-order valence-electron chi connectivity index (χ2n) is 2.71. The lowest BCUT2D eigenvalue weighted by Crippen LogP contribution is -2.05. The fourth-order valence-electron chi connectivity index (χ4n) is 0.988. The van der Waals surface area contributed by atoms with E-state index in [4.69, 9.17) is 9.63 Å². The summed E-state index contributed by atoms with van der Waals surface area (Å²) in [7, 11) is -1.52. The predicted octanol–water partition coefficient (Wildman–Crippen LogP) is 1.28. The number of hydrogen-bond donors (Lipinski definition) is 1. The zero-order valence-corrected chi connectivity index (χ0v) is 9.10. The average Bonchev–Trinajstić information content (AvgIpc) is 2.26. The van der Waals surface area contributed by atoms with E-state index in [1.54, 1.807) is 24.3 Å². The van der Waals surface area contributed by atoms with Gasteiger partial charge in [0, 0.05) is 5.56 Å². The molecular weight excluding hydrogens is 219 g/mol. The number of hydrogen-bond acceptors (Lipinski definition) is 4. The van der Waals surface area contributed by atoms with Gasteiger partial charge in [0.05, 0.1) is 7.11 Å². The van der Waals surface area contributed by atoms with E-state index in [0.29, 0.717) is 11.3 Å². The molecule has 1 aromatic rings. The first-order valence-electron chi connectivity index (χ1n) is 4.16. The van der Waals surface area contributed by atoms with Gasteiger partial charge in [0.1, 0.15) is 12.4 Å². The molecule has 15 heavy (non-hydrogen) atoms. The lowest BCUT2D eigenvalue weighted by molar-refractivity contribution is 0.0917. The largest absolute Gasteiger partial charge is 0.497 e. The van der Waals surface area contributed by atoms with Crippen molar-refractivity contribution in [1.29, 1.82) is 0 Å². The summed E-state index contributed by atoms with van der Waals surface area (Å²) in [5.41, 5.74) is 0.416. The van der Waals surface area contributed by atoms with E-state index in [2.05, 4.69) is 4.52 Å². The molecule has 0 aliphatic rings. The normalized spacial score (nSPS) is 12.1. The molecule has 0 radical (unpaired) electrons. The Labute approximate surface area is 87.6 Å². The molecule has 0 saturated carbocycles. The number of ether oxygens (including phenoxy) is 1. The van der Waals surface area contributed by atoms with Crippen LogP contribution in [0.2, 0.25) is 0 Å². The fraction of sp³-hybridized carbons (Fsp3) is 0.222. The molecule has 0 heterocycles. The van der Waals surface area contributed by atoms with Gasteiger partial charge in [0.2, 0.25) is 0 Å². The quantitative estimate of drug-likeness (QED) is 0.609. The van der Waals surface area contributed by atoms with Crippen molar-refractivity contribution in [1.82, 2.24) is 0 Å². The van der Waals surface area contributed by atoms with Crippen LogP contribution in [0.5, 0.6) is 5.75 Å². The molecule has 1 N–H and O–H groups in total. The van der Waals surface area contributed by atoms with Gasteiger partial charge in [0.25, 0.3) is 0 Å². The molecule has 0 aromatic heterocycles. The third-order valence-electron chi connectivity index (χ3n) is 1.74. The number of rotatable bonds is 5. The lowest BCUT2D eigenvalue weighted by atomic mass is 10.1. The molecule has 82 valence electrons. The summed E-state index contributed by atoms with van der Waals surface area (Å²) in [6.07, 6.45) is 0. The second-order valence-corrected chi connectivity index (χ2v) is 3.53. The summed E-state index contributed by atoms with van der Waals surface area (Å²) in [6, 6.07) is 6.41. The highest BCUT2D eigenvalue weighted by atomic mass is 31.1. The lowest BCUT2D eigenvalue weighted by Gasteiger charge is -2.02. The van der Waals surface area contributed by atoms with Crippen LogP contribution < -0.4 is 4.74 Å². The van der Waals surface area contributed by atoms with Crippen molar-refractivity contribution < 1.29 is 23.5 Å². The van der Waals surface area contributed by atoms with Gasteiger partial charge in [-0.2, -0.15) is 0 Å². The Morgan fingerprint density at radius 1 is 1.40 bits per heavy atom. The predicted molar refractivity (Wildman–Crippen MR) is 54.5 cm³/mol. The minimum atomic E-state index is -3.04. The van der Waals surface area contributed by atoms with Crippen LogP contribution in [0.1, 0.15) is 10.4 Å². The summed E-state index contributed by atoms with van der Waals surface area (Å²) >= 11 is 0. The van der Waals surface area contributed by atoms with Crippen molar-refractivity contribution in [3.05, 3.63) is 29.8 Å². The molecule has 6 heteroatoms. The molecule has 0 aliphatic carbocycles. The molecule has 0 saturated heterocycles. The zero-order chi connectivity index (χ0) is 11.3. The minimum Gasteiger partial charge on any atom is -0.497 e. The van der Waals surface area contributed by atoms with Crippen molar-refractivity contribution in [3.8, 4) is 5.75 Å². The zero-order valence-electron chi connectivity index (χ0n) is 8.10. The summed E-state index contributed by atoms with van der Waals surface area (Å²) < 4.78 is 19.5. The summed E-state index contributed by atoms with van der Waals surface area (Å²) in [5.74, 6) is 0.299. The van der Waals surface area contributed by atoms with Crippen LogP contribution in [0, 0.1) is 0 Å². The molecule has 0 bridgehead atoms. The van der Waals surface area contributed by atoms with Crippen molar-refractivity contribution >= 4 is 14.0 Å². The number of ketones is 1. The molecule has 1 unspecified atom stereocenters. The van der Waals surface area contributed by atoms with Gasteiger partial charge in [-0.15, -0.1) is 0 Å². The highest BCUT2D eigenvalue weighted by Crippen LogP contribution is 2.16. The van der Waals surface area contributed by atoms with Crippen LogP contribution in [0.4, 0.5) is 0 Å². The van der Waals surface area contributed by atoms with Gasteiger partial charge in [0.15, 0.2) is 5.78 Å². The first-order valence-corrected chi connectivity index (χ1v) is 5.43. The van der Waals surface area contributed by atoms with E-state index < -0.39 is 8.25 Å². The molecule has 0 amide bonds. The number of methoxy groups -OCH3 is 1. The Balaban J connectivity index is 2.62. The Bertz CT molecular complexity index is 359. The molecule has 0 fully saturated rings. The Hall–Kier alpha value is -1.16. The Kier molecular flexibility index (Phi) is 4.49. The SMILES string of the molecule is COc1ccc(C(=O)CO[PH](=O)O)cc1. The number of benzene rings is 1. The number of Topliss-reactive ketones (excluding diaryl/α,β-unsaturated/α-hetero) is 1. The van der Waals surface area contributed by atoms with Crippen LogP contribution >= 0.6 is 8.25 Å². The number of carbonyl (C=O) groups excluding carboxylic acids is 1. The maximum Gasteiger partial charge on any atom is 0.317 e. The van der Waals surface area contributed by atoms with Gasteiger partial charge in [-0.05, 0) is 24.3 Å². The van der Waals surface area contributed by atoms with Crippen LogP contribution in [-0.2, 0) is 9.09 Å². The third kappa shape index (κ3) is 3.83. The van der Waals surface area contributed by atoms with Gasteiger partial charge in [-0.25, -0.2) is 0 Å². The first-order chi connectivity index (χ1) is 7.13. The van der Waals surface area contributed by atoms with Crippen LogP contribution in [-0.4, -0.2) is 24.4 Å². The van der Waals surface area contributed by atoms with E-state index in [9.17, 15) is 9.36 Å². The van der Waals surface area contributed by atoms with Crippen molar-refractivity contribution in [3.63, 3.8) is 0 Å². The fourth-order valence-corrected chi connectivity index (χ4v) is 1.24. The standard InChI is InChI=1S/C9H11O5P/c1-13-8-4-2-7(3-5-8)9(10)6-14-15(11)12/h2-5,15H,6H2,1H3,(H,11,12). The smallest absolute Gasteiger partial charge is 0.317 e. The molecule has 5 nitrogen and oxygen atoms in total. The summed E-state index contributed by atoms with van der Waals surface area (Å²) in [5, 5.41) is 0. The van der Waals surface area contributed by atoms with Crippen LogP contribution in [0.3, 0.4) is 0 Å². The summed E-state index contributed by atoms with van der Waals surface area (Å²) in [6.45, 7) is -0.388. The highest BCUT2D eigenvalue weighted by molar-refractivity contribution is 7.32. The third-order valence-corrected chi connectivity index (χ3v) is 2.13. The Morgan fingerprint density at radius 2 is 2.00 bits per heavy atom. The highest BCUT2D eigenvalue weighted by Gasteiger charge is 2.07. The first kappa shape index (κ1) is 11.9. The topological polar surface area (TPSA) is 72.8 Å². The van der Waals surface area contributed by atoms with E-state index in [0.717, 1.165) is 0 Å². The second kappa shape index (κ2) is 5.66. The monoisotopic (exact) mass is 230 g/mol. The molecule has 1 aromatic carbocycles. The van der Waals surface area contributed by atoms with Crippen LogP contribution in [0.15, 0.2) is 24.3 Å². The van der Waals surface area contributed by atoms with Gasteiger partial charge < -0.3 is 14.2 Å². The van der Waals surface area contributed by atoms with Crippen LogP contribution in [0.25, 0.3) is 0 Å². The van der Waals surface area contributed by atoms with E-state index in [-0.39, 0.29) is 12.4 Å². The van der Waals surface area contributed by atoms with Crippen molar-refractivity contribution in [2.75, 3.05) is 13.7 Å².